The zero-order chi connectivity index (χ0) is 16.8. The van der Waals surface area contributed by atoms with Crippen molar-refractivity contribution >= 4 is 0 Å². The van der Waals surface area contributed by atoms with Gasteiger partial charge in [0.15, 0.2) is 11.5 Å². The predicted molar refractivity (Wildman–Crippen MR) is 98.0 cm³/mol. The smallest absolute Gasteiger partial charge is 0.168 e. The summed E-state index contributed by atoms with van der Waals surface area (Å²) in [6, 6.07) is 8.68. The number of ether oxygens (including phenoxy) is 2. The van der Waals surface area contributed by atoms with Crippen LogP contribution in [0.1, 0.15) is 72.1 Å². The molecule has 0 aliphatic heterocycles. The number of unbranched alkanes of at least 4 members (excludes halogenated alkanes) is 4. The Kier molecular flexibility index (Phi) is 11.1. The van der Waals surface area contributed by atoms with Crippen LogP contribution in [0.2, 0.25) is 0 Å². The van der Waals surface area contributed by atoms with Crippen LogP contribution in [-0.2, 0) is 0 Å². The largest absolute Gasteiger partial charge is 0.490 e. The van der Waals surface area contributed by atoms with Crippen molar-refractivity contribution in [2.75, 3.05) is 6.61 Å². The second-order valence-electron chi connectivity index (χ2n) is 6.22. The van der Waals surface area contributed by atoms with E-state index in [2.05, 4.69) is 32.9 Å². The summed E-state index contributed by atoms with van der Waals surface area (Å²) in [5.41, 5.74) is 0. The molecule has 0 bridgehead atoms. The van der Waals surface area contributed by atoms with Crippen LogP contribution in [0.15, 0.2) is 30.5 Å². The van der Waals surface area contributed by atoms with Gasteiger partial charge in [-0.3, -0.25) is 0 Å². The quantitative estimate of drug-likeness (QED) is 0.303. The third kappa shape index (κ3) is 9.32. The van der Waals surface area contributed by atoms with Crippen LogP contribution in [0.25, 0.3) is 0 Å². The average molecular weight is 317 g/mol. The highest BCUT2D eigenvalue weighted by Crippen LogP contribution is 2.26. The molecule has 0 amide bonds. The maximum Gasteiger partial charge on any atom is 0.168 e. The molecule has 0 spiro atoms. The molecule has 1 aromatic carbocycles. The molecule has 0 aliphatic carbocycles. The van der Waals surface area contributed by atoms with Gasteiger partial charge in [-0.05, 0) is 55.9 Å². The highest BCUT2D eigenvalue weighted by molar-refractivity contribution is 5.39. The molecule has 0 saturated heterocycles. The number of allylic oxidation sites excluding steroid dienone is 1. The minimum Gasteiger partial charge on any atom is -0.490 e. The lowest BCUT2D eigenvalue weighted by Gasteiger charge is -2.12. The van der Waals surface area contributed by atoms with E-state index in [1.165, 1.54) is 38.5 Å². The fourth-order valence-corrected chi connectivity index (χ4v) is 2.31. The molecular formula is C21H33O2. The number of benzene rings is 1. The maximum atomic E-state index is 5.86. The molecule has 1 aromatic rings. The summed E-state index contributed by atoms with van der Waals surface area (Å²) in [7, 11) is 0. The van der Waals surface area contributed by atoms with Gasteiger partial charge in [-0.25, -0.2) is 0 Å². The first-order chi connectivity index (χ1) is 11.3. The summed E-state index contributed by atoms with van der Waals surface area (Å²) in [4.78, 5) is 0. The molecule has 0 aliphatic rings. The predicted octanol–water partition coefficient (Wildman–Crippen LogP) is 6.55. The van der Waals surface area contributed by atoms with Gasteiger partial charge >= 0.3 is 0 Å². The van der Waals surface area contributed by atoms with E-state index in [-0.39, 0.29) is 0 Å². The lowest BCUT2D eigenvalue weighted by molar-refractivity contribution is 0.282. The first-order valence-corrected chi connectivity index (χ1v) is 9.22. The van der Waals surface area contributed by atoms with E-state index >= 15 is 0 Å². The second-order valence-corrected chi connectivity index (χ2v) is 6.22. The van der Waals surface area contributed by atoms with Crippen LogP contribution < -0.4 is 9.47 Å². The molecule has 1 radical (unpaired) electrons. The topological polar surface area (TPSA) is 18.5 Å². The molecule has 0 fully saturated rings. The highest BCUT2D eigenvalue weighted by Gasteiger charge is 2.04. The Bertz CT molecular complexity index is 426. The number of hydrogen-bond acceptors (Lipinski definition) is 2. The van der Waals surface area contributed by atoms with Gasteiger partial charge in [0.25, 0.3) is 0 Å². The van der Waals surface area contributed by atoms with E-state index in [0.717, 1.165) is 36.9 Å². The Morgan fingerprint density at radius 3 is 2.78 bits per heavy atom. The Balaban J connectivity index is 2.31. The third-order valence-electron chi connectivity index (χ3n) is 4.10. The lowest BCUT2D eigenvalue weighted by atomic mass is 10.0. The zero-order valence-corrected chi connectivity index (χ0v) is 15.1. The summed E-state index contributed by atoms with van der Waals surface area (Å²) in [5, 5.41) is 0. The normalized spacial score (nSPS) is 12.5. The van der Waals surface area contributed by atoms with Crippen molar-refractivity contribution in [2.24, 2.45) is 5.92 Å². The van der Waals surface area contributed by atoms with Crippen LogP contribution in [0, 0.1) is 12.0 Å². The van der Waals surface area contributed by atoms with E-state index in [9.17, 15) is 0 Å². The van der Waals surface area contributed by atoms with Crippen molar-refractivity contribution in [3.8, 4) is 11.5 Å². The Labute approximate surface area is 142 Å². The monoisotopic (exact) mass is 317 g/mol. The van der Waals surface area contributed by atoms with Gasteiger partial charge in [0.05, 0.1) is 12.9 Å². The molecule has 2 heteroatoms. The summed E-state index contributed by atoms with van der Waals surface area (Å²) in [5.74, 6) is 2.33. The first-order valence-electron chi connectivity index (χ1n) is 9.22. The Morgan fingerprint density at radius 1 is 1.13 bits per heavy atom. The summed E-state index contributed by atoms with van der Waals surface area (Å²) in [6.07, 6.45) is 13.6. The lowest BCUT2D eigenvalue weighted by Crippen LogP contribution is -2.01. The van der Waals surface area contributed by atoms with E-state index < -0.39 is 0 Å². The molecule has 2 nitrogen and oxygen atoms in total. The average Bonchev–Trinajstić information content (AvgIpc) is 2.58. The maximum absolute atomic E-state index is 5.86. The van der Waals surface area contributed by atoms with Crippen molar-refractivity contribution in [3.63, 3.8) is 0 Å². The summed E-state index contributed by atoms with van der Waals surface area (Å²) < 4.78 is 11.6. The fraction of sp³-hybridized carbons (Fsp3) is 0.619. The molecule has 0 N–H and O–H groups in total. The Morgan fingerprint density at radius 2 is 2.00 bits per heavy atom. The zero-order valence-electron chi connectivity index (χ0n) is 15.1. The Hall–Kier alpha value is -1.44. The van der Waals surface area contributed by atoms with Crippen molar-refractivity contribution in [2.45, 2.75) is 72.1 Å². The summed E-state index contributed by atoms with van der Waals surface area (Å²) >= 11 is 0. The van der Waals surface area contributed by atoms with E-state index in [4.69, 9.17) is 9.47 Å². The second kappa shape index (κ2) is 13.0. The van der Waals surface area contributed by atoms with Gasteiger partial charge in [0.1, 0.15) is 0 Å². The molecular weight excluding hydrogens is 284 g/mol. The van der Waals surface area contributed by atoms with Gasteiger partial charge in [-0.1, -0.05) is 52.5 Å². The van der Waals surface area contributed by atoms with Crippen molar-refractivity contribution in [1.82, 2.24) is 0 Å². The van der Waals surface area contributed by atoms with E-state index in [1.807, 2.05) is 18.2 Å². The van der Waals surface area contributed by atoms with Gasteiger partial charge in [-0.2, -0.15) is 0 Å². The van der Waals surface area contributed by atoms with Crippen LogP contribution in [-0.4, -0.2) is 6.61 Å². The van der Waals surface area contributed by atoms with Gasteiger partial charge in [-0.15, -0.1) is 0 Å². The van der Waals surface area contributed by atoms with Crippen LogP contribution in [0.5, 0.6) is 11.5 Å². The van der Waals surface area contributed by atoms with Crippen LogP contribution in [0.4, 0.5) is 0 Å². The summed E-state index contributed by atoms with van der Waals surface area (Å²) in [6.45, 7) is 7.50. The van der Waals surface area contributed by atoms with Crippen molar-refractivity contribution in [1.29, 1.82) is 0 Å². The number of hydrogen-bond donors (Lipinski definition) is 0. The third-order valence-corrected chi connectivity index (χ3v) is 4.10. The standard InChI is InChI=1S/C21H33O2/c1-4-6-7-8-9-12-17-22-20-15-10-11-16-21(20)23-18-13-14-19(3)5-2/h11-12,15-17,19H,4-9,13-14,18H2,1-3H3. The van der Waals surface area contributed by atoms with Gasteiger partial charge < -0.3 is 9.47 Å². The number of rotatable bonds is 13. The van der Waals surface area contributed by atoms with Gasteiger partial charge in [0.2, 0.25) is 0 Å². The van der Waals surface area contributed by atoms with Crippen molar-refractivity contribution in [3.05, 3.63) is 36.6 Å². The SMILES string of the molecule is CCCCCCC=COc1c[c]ccc1OCCCC(C)CC. The van der Waals surface area contributed by atoms with Gasteiger partial charge in [0, 0.05) is 0 Å². The molecule has 23 heavy (non-hydrogen) atoms. The minimum absolute atomic E-state index is 0.742. The molecule has 1 unspecified atom stereocenters. The van der Waals surface area contributed by atoms with Crippen LogP contribution >= 0.6 is 0 Å². The van der Waals surface area contributed by atoms with Crippen molar-refractivity contribution < 1.29 is 9.47 Å². The first kappa shape index (κ1) is 19.6. The van der Waals surface area contributed by atoms with Crippen LogP contribution in [0.3, 0.4) is 0 Å². The fourth-order valence-electron chi connectivity index (χ4n) is 2.31. The molecule has 1 atom stereocenters. The minimum atomic E-state index is 0.742. The highest BCUT2D eigenvalue weighted by atomic mass is 16.5. The molecule has 129 valence electrons. The molecule has 1 rings (SSSR count). The molecule has 0 heterocycles. The molecule has 0 saturated carbocycles. The van der Waals surface area contributed by atoms with E-state index in [1.54, 1.807) is 6.26 Å². The van der Waals surface area contributed by atoms with E-state index in [0.29, 0.717) is 0 Å². The molecule has 0 aromatic heterocycles.